The summed E-state index contributed by atoms with van der Waals surface area (Å²) in [6, 6.07) is 15.8. The zero-order valence-electron chi connectivity index (χ0n) is 17.3. The van der Waals surface area contributed by atoms with Crippen LogP contribution in [0.15, 0.2) is 48.5 Å². The fraction of sp³-hybridized carbons (Fsp3) is 0.375. The fourth-order valence-electron chi connectivity index (χ4n) is 4.38. The average molecular weight is 436 g/mol. The summed E-state index contributed by atoms with van der Waals surface area (Å²) in [5.41, 5.74) is 1.85. The molecule has 2 aromatic carbocycles. The first-order valence-electron chi connectivity index (χ1n) is 10.8. The minimum Gasteiger partial charge on any atom is -0.490 e. The molecule has 0 unspecified atom stereocenters. The lowest BCUT2D eigenvalue weighted by atomic mass is 9.97. The van der Waals surface area contributed by atoms with E-state index in [0.29, 0.717) is 19.1 Å². The van der Waals surface area contributed by atoms with Gasteiger partial charge in [-0.15, -0.1) is 11.3 Å². The number of para-hydroxylation sites is 3. The van der Waals surface area contributed by atoms with Crippen molar-refractivity contribution >= 4 is 39.1 Å². The largest absolute Gasteiger partial charge is 0.490 e. The van der Waals surface area contributed by atoms with Crippen LogP contribution in [0.5, 0.6) is 5.75 Å². The summed E-state index contributed by atoms with van der Waals surface area (Å²) >= 11 is 1.76. The highest BCUT2D eigenvalue weighted by molar-refractivity contribution is 7.18. The number of piperidine rings is 1. The van der Waals surface area contributed by atoms with Gasteiger partial charge in [0.25, 0.3) is 0 Å². The third-order valence-corrected chi connectivity index (χ3v) is 7.29. The lowest BCUT2D eigenvalue weighted by molar-refractivity contribution is -0.134. The highest BCUT2D eigenvalue weighted by atomic mass is 32.1. The van der Waals surface area contributed by atoms with E-state index in [0.717, 1.165) is 42.9 Å². The Kier molecular flexibility index (Phi) is 5.59. The normalized spacial score (nSPS) is 16.8. The highest BCUT2D eigenvalue weighted by Crippen LogP contribution is 2.34. The molecule has 7 heteroatoms. The van der Waals surface area contributed by atoms with Crippen molar-refractivity contribution in [3.8, 4) is 5.75 Å². The van der Waals surface area contributed by atoms with E-state index in [1.165, 1.54) is 9.71 Å². The average Bonchev–Trinajstić information content (AvgIpc) is 3.26. The van der Waals surface area contributed by atoms with Crippen molar-refractivity contribution in [3.05, 3.63) is 53.5 Å². The van der Waals surface area contributed by atoms with E-state index < -0.39 is 0 Å². The lowest BCUT2D eigenvalue weighted by Gasteiger charge is -2.32. The van der Waals surface area contributed by atoms with Gasteiger partial charge < -0.3 is 14.5 Å². The molecule has 0 atom stereocenters. The maximum Gasteiger partial charge on any atom is 0.227 e. The van der Waals surface area contributed by atoms with Crippen molar-refractivity contribution in [2.24, 2.45) is 0 Å². The number of hydrogen-bond acceptors (Lipinski definition) is 5. The molecule has 2 aliphatic heterocycles. The molecule has 0 aliphatic carbocycles. The molecule has 2 aliphatic rings. The Labute approximate surface area is 185 Å². The van der Waals surface area contributed by atoms with Gasteiger partial charge in [-0.05, 0) is 37.1 Å². The SMILES string of the molecule is O=C(CCC(=O)N1CCOc2ccccc21)N1CCC(c2nc3ccccc3s2)CC1. The lowest BCUT2D eigenvalue weighted by Crippen LogP contribution is -2.40. The second kappa shape index (κ2) is 8.67. The van der Waals surface area contributed by atoms with Gasteiger partial charge in [-0.1, -0.05) is 24.3 Å². The standard InChI is InChI=1S/C24H25N3O3S/c28-22(9-10-23(29)27-15-16-30-20-7-3-2-6-19(20)27)26-13-11-17(12-14-26)24-25-18-5-1-4-8-21(18)31-24/h1-8,17H,9-16H2. The number of aromatic nitrogens is 1. The smallest absolute Gasteiger partial charge is 0.227 e. The summed E-state index contributed by atoms with van der Waals surface area (Å²) in [5, 5.41) is 1.18. The molecule has 0 N–H and O–H groups in total. The molecular formula is C24H25N3O3S. The number of amides is 2. The van der Waals surface area contributed by atoms with E-state index >= 15 is 0 Å². The molecule has 1 fully saturated rings. The van der Waals surface area contributed by atoms with E-state index in [4.69, 9.17) is 9.72 Å². The predicted molar refractivity (Wildman–Crippen MR) is 122 cm³/mol. The van der Waals surface area contributed by atoms with Crippen LogP contribution in [0.2, 0.25) is 0 Å². The second-order valence-corrected chi connectivity index (χ2v) is 9.10. The third kappa shape index (κ3) is 4.14. The van der Waals surface area contributed by atoms with Crippen LogP contribution >= 0.6 is 11.3 Å². The molecule has 3 heterocycles. The van der Waals surface area contributed by atoms with E-state index in [2.05, 4.69) is 12.1 Å². The van der Waals surface area contributed by atoms with Crippen LogP contribution in [-0.2, 0) is 9.59 Å². The number of ether oxygens (including phenoxy) is 1. The quantitative estimate of drug-likeness (QED) is 0.616. The van der Waals surface area contributed by atoms with Crippen LogP contribution in [0.1, 0.15) is 36.6 Å². The molecule has 160 valence electrons. The molecule has 1 saturated heterocycles. The van der Waals surface area contributed by atoms with Gasteiger partial charge in [0.05, 0.1) is 27.5 Å². The van der Waals surface area contributed by atoms with Gasteiger partial charge in [0.2, 0.25) is 11.8 Å². The highest BCUT2D eigenvalue weighted by Gasteiger charge is 2.28. The molecule has 1 aromatic heterocycles. The zero-order chi connectivity index (χ0) is 21.2. The van der Waals surface area contributed by atoms with E-state index in [-0.39, 0.29) is 24.7 Å². The number of nitrogens with zero attached hydrogens (tertiary/aromatic N) is 3. The summed E-state index contributed by atoms with van der Waals surface area (Å²) in [7, 11) is 0. The number of fused-ring (bicyclic) bond motifs is 2. The maximum absolute atomic E-state index is 12.8. The molecule has 0 radical (unpaired) electrons. The Morgan fingerprint density at radius 3 is 2.55 bits per heavy atom. The molecule has 2 amide bonds. The topological polar surface area (TPSA) is 62.7 Å². The van der Waals surface area contributed by atoms with Crippen LogP contribution in [-0.4, -0.2) is 47.9 Å². The molecular weight excluding hydrogens is 410 g/mol. The molecule has 5 rings (SSSR count). The van der Waals surface area contributed by atoms with Crippen LogP contribution in [0.4, 0.5) is 5.69 Å². The Morgan fingerprint density at radius 1 is 0.968 bits per heavy atom. The van der Waals surface area contributed by atoms with Crippen molar-refractivity contribution < 1.29 is 14.3 Å². The molecule has 31 heavy (non-hydrogen) atoms. The fourth-order valence-corrected chi connectivity index (χ4v) is 5.51. The first-order valence-corrected chi connectivity index (χ1v) is 11.7. The number of carbonyl (C=O) groups is 2. The summed E-state index contributed by atoms with van der Waals surface area (Å²) in [4.78, 5) is 33.9. The van der Waals surface area contributed by atoms with E-state index in [1.807, 2.05) is 41.3 Å². The molecule has 6 nitrogen and oxygen atoms in total. The Bertz CT molecular complexity index is 1070. The van der Waals surface area contributed by atoms with Crippen molar-refractivity contribution in [2.75, 3.05) is 31.1 Å². The van der Waals surface area contributed by atoms with Crippen LogP contribution in [0.25, 0.3) is 10.2 Å². The predicted octanol–water partition coefficient (Wildman–Crippen LogP) is 4.21. The monoisotopic (exact) mass is 435 g/mol. The Hall–Kier alpha value is -2.93. The zero-order valence-corrected chi connectivity index (χ0v) is 18.1. The van der Waals surface area contributed by atoms with Crippen molar-refractivity contribution in [2.45, 2.75) is 31.6 Å². The minimum absolute atomic E-state index is 0.0199. The summed E-state index contributed by atoms with van der Waals surface area (Å²) < 4.78 is 6.84. The van der Waals surface area contributed by atoms with E-state index in [9.17, 15) is 9.59 Å². The molecule has 3 aromatic rings. The van der Waals surface area contributed by atoms with Crippen molar-refractivity contribution in [1.82, 2.24) is 9.88 Å². The number of hydrogen-bond donors (Lipinski definition) is 0. The minimum atomic E-state index is -0.0199. The van der Waals surface area contributed by atoms with Crippen molar-refractivity contribution in [3.63, 3.8) is 0 Å². The van der Waals surface area contributed by atoms with Gasteiger partial charge in [0.1, 0.15) is 12.4 Å². The van der Waals surface area contributed by atoms with Gasteiger partial charge in [-0.25, -0.2) is 4.98 Å². The second-order valence-electron chi connectivity index (χ2n) is 8.04. The number of likely N-dealkylation sites (tertiary alicyclic amines) is 1. The van der Waals surface area contributed by atoms with Gasteiger partial charge in [0, 0.05) is 31.8 Å². The number of rotatable bonds is 4. The number of carbonyl (C=O) groups excluding carboxylic acids is 2. The van der Waals surface area contributed by atoms with Crippen LogP contribution in [0, 0.1) is 0 Å². The first-order chi connectivity index (χ1) is 15.2. The van der Waals surface area contributed by atoms with Gasteiger partial charge in [0.15, 0.2) is 0 Å². The number of thiazole rings is 1. The first kappa shape index (κ1) is 20.0. The Balaban J connectivity index is 1.14. The molecule has 0 bridgehead atoms. The van der Waals surface area contributed by atoms with Gasteiger partial charge in [-0.3, -0.25) is 9.59 Å². The van der Waals surface area contributed by atoms with Gasteiger partial charge >= 0.3 is 0 Å². The summed E-state index contributed by atoms with van der Waals surface area (Å²) in [6.45, 7) is 2.47. The number of benzene rings is 2. The van der Waals surface area contributed by atoms with E-state index in [1.54, 1.807) is 16.2 Å². The maximum atomic E-state index is 12.8. The summed E-state index contributed by atoms with van der Waals surface area (Å²) in [5.74, 6) is 1.18. The van der Waals surface area contributed by atoms with Crippen LogP contribution in [0.3, 0.4) is 0 Å². The third-order valence-electron chi connectivity index (χ3n) is 6.09. The molecule has 0 spiro atoms. The van der Waals surface area contributed by atoms with Gasteiger partial charge in [-0.2, -0.15) is 0 Å². The van der Waals surface area contributed by atoms with Crippen LogP contribution < -0.4 is 9.64 Å². The summed E-state index contributed by atoms with van der Waals surface area (Å²) in [6.07, 6.45) is 2.34. The molecule has 0 saturated carbocycles. The van der Waals surface area contributed by atoms with Crippen molar-refractivity contribution in [1.29, 1.82) is 0 Å². The Morgan fingerprint density at radius 2 is 1.71 bits per heavy atom. The number of anilines is 1.